The van der Waals surface area contributed by atoms with Crippen LogP contribution in [0, 0.1) is 5.82 Å². The van der Waals surface area contributed by atoms with Crippen molar-refractivity contribution in [2.75, 3.05) is 7.11 Å². The summed E-state index contributed by atoms with van der Waals surface area (Å²) in [6.45, 7) is 0. The first-order valence-electron chi connectivity index (χ1n) is 6.43. The predicted octanol–water partition coefficient (Wildman–Crippen LogP) is 3.58. The molecule has 1 heterocycles. The molecule has 1 aromatic carbocycles. The highest BCUT2D eigenvalue weighted by Crippen LogP contribution is 2.39. The number of aromatic nitrogens is 1. The van der Waals surface area contributed by atoms with Gasteiger partial charge in [0.25, 0.3) is 0 Å². The van der Waals surface area contributed by atoms with Gasteiger partial charge in [-0.3, -0.25) is 0 Å². The van der Waals surface area contributed by atoms with Crippen LogP contribution in [0.25, 0.3) is 11.3 Å². The molecule has 0 saturated carbocycles. The van der Waals surface area contributed by atoms with Crippen molar-refractivity contribution in [3.05, 3.63) is 45.3 Å². The zero-order chi connectivity index (χ0) is 18.9. The van der Waals surface area contributed by atoms with E-state index in [4.69, 9.17) is 28.4 Å². The first kappa shape index (κ1) is 19.4. The van der Waals surface area contributed by atoms with Gasteiger partial charge in [-0.1, -0.05) is 23.2 Å². The second-order valence-electron chi connectivity index (χ2n) is 4.69. The van der Waals surface area contributed by atoms with E-state index in [-0.39, 0.29) is 16.1 Å². The number of carbonyl (C=O) groups excluding carboxylic acids is 1. The normalized spacial score (nSPS) is 11.5. The molecule has 11 heteroatoms. The number of alkyl halides is 3. The van der Waals surface area contributed by atoms with Crippen LogP contribution in [0.5, 0.6) is 0 Å². The molecule has 0 saturated heterocycles. The van der Waals surface area contributed by atoms with Crippen LogP contribution < -0.4 is 5.48 Å². The molecular formula is C14H9Cl2F4N2O3+. The Balaban J connectivity index is 2.72. The molecule has 2 rings (SSSR count). The van der Waals surface area contributed by atoms with Gasteiger partial charge in [0.15, 0.2) is 17.2 Å². The smallest absolute Gasteiger partial charge is 0.422 e. The summed E-state index contributed by atoms with van der Waals surface area (Å²) in [5.41, 5.74) is -2.89. The minimum absolute atomic E-state index is 0.206. The number of halogens is 6. The molecule has 0 atom stereocenters. The van der Waals surface area contributed by atoms with Crippen LogP contribution >= 0.6 is 23.2 Å². The number of ether oxygens (including phenoxy) is 1. The molecule has 0 radical (unpaired) electrons. The summed E-state index contributed by atoms with van der Waals surface area (Å²) in [7, 11) is 1.05. The van der Waals surface area contributed by atoms with E-state index in [9.17, 15) is 22.4 Å². The van der Waals surface area contributed by atoms with Gasteiger partial charge < -0.3 is 4.74 Å². The average molecular weight is 400 g/mol. The van der Waals surface area contributed by atoms with Crippen molar-refractivity contribution < 1.29 is 37.8 Å². The Hall–Kier alpha value is -1.94. The van der Waals surface area contributed by atoms with Crippen molar-refractivity contribution in [1.29, 1.82) is 0 Å². The minimum Gasteiger partial charge on any atom is -0.464 e. The third-order valence-electron chi connectivity index (χ3n) is 3.15. The molecule has 0 amide bonds. The lowest BCUT2D eigenvalue weighted by molar-refractivity contribution is -0.826. The highest BCUT2D eigenvalue weighted by Gasteiger charge is 2.37. The number of carbonyl (C=O) groups is 1. The lowest BCUT2D eigenvalue weighted by atomic mass is 10.0. The summed E-state index contributed by atoms with van der Waals surface area (Å²) in [4.78, 5) is 15.3. The number of methoxy groups -OCH3 is 1. The summed E-state index contributed by atoms with van der Waals surface area (Å²) in [6, 6.07) is 2.07. The third kappa shape index (κ3) is 3.84. The summed E-state index contributed by atoms with van der Waals surface area (Å²) < 4.78 is 57.4. The molecule has 2 aromatic rings. The van der Waals surface area contributed by atoms with Crippen LogP contribution in [0.4, 0.5) is 23.2 Å². The molecule has 3 N–H and O–H groups in total. The molecule has 0 spiro atoms. The minimum atomic E-state index is -4.79. The third-order valence-corrected chi connectivity index (χ3v) is 3.75. The molecule has 134 valence electrons. The SMILES string of the molecule is COC(=O)c1nc(-c2cc([NH2+]O)c(C(F)(F)F)cc2Cl)c(F)cc1Cl. The van der Waals surface area contributed by atoms with Crippen LogP contribution in [0.15, 0.2) is 18.2 Å². The molecule has 0 aliphatic carbocycles. The summed E-state index contributed by atoms with van der Waals surface area (Å²) in [5.74, 6) is -1.99. The van der Waals surface area contributed by atoms with E-state index < -0.39 is 45.6 Å². The molecular weight excluding hydrogens is 391 g/mol. The quantitative estimate of drug-likeness (QED) is 0.358. The summed E-state index contributed by atoms with van der Waals surface area (Å²) >= 11 is 11.5. The maximum Gasteiger partial charge on any atom is 0.422 e. The Kier molecular flexibility index (Phi) is 5.52. The molecule has 0 aliphatic rings. The van der Waals surface area contributed by atoms with E-state index in [0.717, 1.165) is 19.2 Å². The van der Waals surface area contributed by atoms with E-state index in [2.05, 4.69) is 9.72 Å². The number of nitrogens with zero attached hydrogens (tertiary/aromatic N) is 1. The Morgan fingerprint density at radius 3 is 2.40 bits per heavy atom. The molecule has 0 fully saturated rings. The van der Waals surface area contributed by atoms with Gasteiger partial charge in [0, 0.05) is 11.6 Å². The van der Waals surface area contributed by atoms with Gasteiger partial charge in [-0.2, -0.15) is 18.7 Å². The fourth-order valence-corrected chi connectivity index (χ4v) is 2.49. The number of esters is 1. The molecule has 1 aromatic heterocycles. The number of hydrogen-bond donors (Lipinski definition) is 2. The standard InChI is InChI=1S/C14H8Cl2F4N2O3/c1-25-13(23)12-8(16)4-9(17)11(21-12)5-2-10(22-24)6(3-7(5)15)14(18,19)20/h2-4,22,24H,1H3/p+1. The second kappa shape index (κ2) is 7.12. The molecule has 0 bridgehead atoms. The van der Waals surface area contributed by atoms with Gasteiger partial charge in [0.2, 0.25) is 0 Å². The fraction of sp³-hybridized carbons (Fsp3) is 0.143. The monoisotopic (exact) mass is 399 g/mol. The van der Waals surface area contributed by atoms with Crippen LogP contribution in [0.2, 0.25) is 10.0 Å². The van der Waals surface area contributed by atoms with Crippen molar-refractivity contribution in [2.45, 2.75) is 6.18 Å². The van der Waals surface area contributed by atoms with E-state index in [1.165, 1.54) is 0 Å². The van der Waals surface area contributed by atoms with E-state index in [1.807, 2.05) is 0 Å². The van der Waals surface area contributed by atoms with Gasteiger partial charge in [0.1, 0.15) is 11.3 Å². The molecule has 25 heavy (non-hydrogen) atoms. The maximum absolute atomic E-state index is 14.2. The summed E-state index contributed by atoms with van der Waals surface area (Å²) in [6.07, 6.45) is -4.79. The van der Waals surface area contributed by atoms with Crippen molar-refractivity contribution in [2.24, 2.45) is 0 Å². The maximum atomic E-state index is 14.2. The number of benzene rings is 1. The number of nitrogens with two attached hydrogens (primary N) is 1. The number of pyridine rings is 1. The van der Waals surface area contributed by atoms with Crippen molar-refractivity contribution >= 4 is 34.9 Å². The first-order valence-corrected chi connectivity index (χ1v) is 7.18. The van der Waals surface area contributed by atoms with Gasteiger partial charge in [-0.05, 0) is 12.1 Å². The van der Waals surface area contributed by atoms with Crippen molar-refractivity contribution in [3.8, 4) is 11.3 Å². The highest BCUT2D eigenvalue weighted by molar-refractivity contribution is 6.34. The number of quaternary nitrogens is 1. The fourth-order valence-electron chi connectivity index (χ4n) is 2.02. The van der Waals surface area contributed by atoms with Crippen molar-refractivity contribution in [1.82, 2.24) is 4.98 Å². The Morgan fingerprint density at radius 2 is 1.88 bits per heavy atom. The predicted molar refractivity (Wildman–Crippen MR) is 79.4 cm³/mol. The zero-order valence-electron chi connectivity index (χ0n) is 12.3. The van der Waals surface area contributed by atoms with Gasteiger partial charge in [-0.25, -0.2) is 19.4 Å². The molecule has 0 aliphatic heterocycles. The molecule has 0 unspecified atom stereocenters. The van der Waals surface area contributed by atoms with E-state index in [0.29, 0.717) is 6.07 Å². The summed E-state index contributed by atoms with van der Waals surface area (Å²) in [5, 5.41) is 8.23. The largest absolute Gasteiger partial charge is 0.464 e. The first-order chi connectivity index (χ1) is 11.6. The second-order valence-corrected chi connectivity index (χ2v) is 5.50. The van der Waals surface area contributed by atoms with E-state index in [1.54, 1.807) is 0 Å². The number of hydrogen-bond acceptors (Lipinski definition) is 4. The van der Waals surface area contributed by atoms with Crippen LogP contribution in [-0.4, -0.2) is 23.3 Å². The van der Waals surface area contributed by atoms with Crippen molar-refractivity contribution in [3.63, 3.8) is 0 Å². The van der Waals surface area contributed by atoms with Crippen LogP contribution in [-0.2, 0) is 10.9 Å². The lowest BCUT2D eigenvalue weighted by Gasteiger charge is -2.13. The van der Waals surface area contributed by atoms with Gasteiger partial charge in [0.05, 0.1) is 17.2 Å². The van der Waals surface area contributed by atoms with E-state index >= 15 is 0 Å². The number of rotatable bonds is 3. The van der Waals surface area contributed by atoms with Crippen LogP contribution in [0.3, 0.4) is 0 Å². The Labute approximate surface area is 148 Å². The molecule has 5 nitrogen and oxygen atoms in total. The topological polar surface area (TPSA) is 76.0 Å². The average Bonchev–Trinajstić information content (AvgIpc) is 2.53. The lowest BCUT2D eigenvalue weighted by Crippen LogP contribution is -2.74. The zero-order valence-corrected chi connectivity index (χ0v) is 13.8. The Bertz CT molecular complexity index is 844. The van der Waals surface area contributed by atoms with Gasteiger partial charge in [-0.15, -0.1) is 0 Å². The Morgan fingerprint density at radius 1 is 1.24 bits per heavy atom. The van der Waals surface area contributed by atoms with Gasteiger partial charge >= 0.3 is 12.1 Å². The van der Waals surface area contributed by atoms with Crippen LogP contribution in [0.1, 0.15) is 16.1 Å². The highest BCUT2D eigenvalue weighted by atomic mass is 35.5.